The van der Waals surface area contributed by atoms with Crippen molar-refractivity contribution in [2.24, 2.45) is 0 Å². The molecule has 0 radical (unpaired) electrons. The van der Waals surface area contributed by atoms with Crippen molar-refractivity contribution in [1.29, 1.82) is 0 Å². The zero-order valence-electron chi connectivity index (χ0n) is 18.7. The number of carbonyl (C=O) groups is 1. The van der Waals surface area contributed by atoms with Gasteiger partial charge in [0.1, 0.15) is 17.9 Å². The molecule has 0 bridgehead atoms. The highest BCUT2D eigenvalue weighted by Crippen LogP contribution is 2.42. The fraction of sp³-hybridized carbons (Fsp3) is 0.435. The van der Waals surface area contributed by atoms with Crippen LogP contribution in [-0.2, 0) is 6.42 Å². The van der Waals surface area contributed by atoms with Crippen molar-refractivity contribution >= 4 is 22.5 Å². The van der Waals surface area contributed by atoms with E-state index in [4.69, 9.17) is 4.74 Å². The molecule has 1 atom stereocenters. The Balaban J connectivity index is 1.54. The number of aromatic amines is 1. The summed E-state index contributed by atoms with van der Waals surface area (Å²) in [5, 5.41) is 2.95. The van der Waals surface area contributed by atoms with Gasteiger partial charge in [0.15, 0.2) is 11.6 Å². The maximum absolute atomic E-state index is 15.4. The van der Waals surface area contributed by atoms with Crippen LogP contribution in [0.2, 0.25) is 0 Å². The van der Waals surface area contributed by atoms with Crippen LogP contribution in [0.1, 0.15) is 29.0 Å². The molecule has 1 fully saturated rings. The highest BCUT2D eigenvalue weighted by molar-refractivity contribution is 6.00. The number of imidazole rings is 1. The van der Waals surface area contributed by atoms with Crippen LogP contribution in [-0.4, -0.2) is 71.7 Å². The summed E-state index contributed by atoms with van der Waals surface area (Å²) in [7, 11) is 2.04. The second-order valence-electron chi connectivity index (χ2n) is 8.74. The number of aromatic nitrogens is 3. The molecule has 2 N–H and O–H groups in total. The molecule has 2 aromatic heterocycles. The Morgan fingerprint density at radius 1 is 1.33 bits per heavy atom. The maximum atomic E-state index is 15.4. The van der Waals surface area contributed by atoms with Gasteiger partial charge in [0.2, 0.25) is 5.43 Å². The molecule has 0 unspecified atom stereocenters. The molecule has 0 aliphatic carbocycles. The monoisotopic (exact) mass is 454 g/mol. The van der Waals surface area contributed by atoms with Crippen LogP contribution in [0.4, 0.5) is 10.1 Å². The molecule has 2 aliphatic rings. The molecule has 1 aromatic carbocycles. The number of anilines is 1. The first-order chi connectivity index (χ1) is 15.9. The van der Waals surface area contributed by atoms with Crippen LogP contribution in [0, 0.1) is 5.82 Å². The summed E-state index contributed by atoms with van der Waals surface area (Å²) in [4.78, 5) is 37.2. The van der Waals surface area contributed by atoms with Crippen LogP contribution in [0.25, 0.3) is 10.9 Å². The smallest absolute Gasteiger partial charge is 0.256 e. The summed E-state index contributed by atoms with van der Waals surface area (Å²) in [6, 6.07) is 1.15. The van der Waals surface area contributed by atoms with Crippen LogP contribution < -0.4 is 20.4 Å². The lowest BCUT2D eigenvalue weighted by Gasteiger charge is -2.37. The van der Waals surface area contributed by atoms with Crippen molar-refractivity contribution in [2.75, 3.05) is 51.3 Å². The van der Waals surface area contributed by atoms with Gasteiger partial charge in [-0.25, -0.2) is 9.37 Å². The Morgan fingerprint density at radius 2 is 2.12 bits per heavy atom. The van der Waals surface area contributed by atoms with Gasteiger partial charge >= 0.3 is 0 Å². The van der Waals surface area contributed by atoms with E-state index in [1.165, 1.54) is 6.07 Å². The van der Waals surface area contributed by atoms with E-state index in [0.29, 0.717) is 49.6 Å². The van der Waals surface area contributed by atoms with Crippen molar-refractivity contribution < 1.29 is 13.9 Å². The fourth-order valence-corrected chi connectivity index (χ4v) is 4.53. The van der Waals surface area contributed by atoms with E-state index in [1.54, 1.807) is 18.7 Å². The van der Waals surface area contributed by atoms with Gasteiger partial charge in [-0.05, 0) is 20.0 Å². The predicted molar refractivity (Wildman–Crippen MR) is 123 cm³/mol. The lowest BCUT2D eigenvalue weighted by atomic mass is 10.0. The molecule has 1 saturated heterocycles. The molecule has 5 rings (SSSR count). The Kier molecular flexibility index (Phi) is 5.53. The predicted octanol–water partition coefficient (Wildman–Crippen LogP) is 1.54. The van der Waals surface area contributed by atoms with Gasteiger partial charge in [-0.2, -0.15) is 0 Å². The molecule has 1 amide bonds. The number of pyridine rings is 1. The summed E-state index contributed by atoms with van der Waals surface area (Å²) in [6.45, 7) is 5.61. The first-order valence-electron chi connectivity index (χ1n) is 11.2. The summed E-state index contributed by atoms with van der Waals surface area (Å²) in [5.74, 6) is -0.595. The number of halogens is 1. The summed E-state index contributed by atoms with van der Waals surface area (Å²) in [5.41, 5.74) is 1.33. The lowest BCUT2D eigenvalue weighted by Crippen LogP contribution is -2.45. The van der Waals surface area contributed by atoms with Crippen molar-refractivity contribution in [3.8, 4) is 5.75 Å². The van der Waals surface area contributed by atoms with Gasteiger partial charge in [0, 0.05) is 57.2 Å². The van der Waals surface area contributed by atoms with Crippen LogP contribution in [0.5, 0.6) is 5.75 Å². The van der Waals surface area contributed by atoms with Gasteiger partial charge in [0.05, 0.1) is 23.3 Å². The third kappa shape index (κ3) is 3.84. The number of likely N-dealkylation sites (N-methyl/N-ethyl adjacent to an activating group) is 1. The molecule has 0 saturated carbocycles. The molecule has 174 valence electrons. The van der Waals surface area contributed by atoms with Gasteiger partial charge in [-0.1, -0.05) is 0 Å². The van der Waals surface area contributed by atoms with Crippen molar-refractivity contribution in [3.05, 3.63) is 52.1 Å². The number of H-pyrrole nitrogens is 1. The lowest BCUT2D eigenvalue weighted by molar-refractivity contribution is 0.0952. The highest BCUT2D eigenvalue weighted by Gasteiger charge is 2.31. The summed E-state index contributed by atoms with van der Waals surface area (Å²) in [6.07, 6.45) is 5.40. The maximum Gasteiger partial charge on any atom is 0.256 e. The number of hydrogen-bond acceptors (Lipinski definition) is 6. The minimum atomic E-state index is -0.503. The number of nitrogens with zero attached hydrogens (tertiary/aromatic N) is 4. The van der Waals surface area contributed by atoms with E-state index in [9.17, 15) is 9.59 Å². The van der Waals surface area contributed by atoms with Gasteiger partial charge in [-0.3, -0.25) is 9.59 Å². The van der Waals surface area contributed by atoms with Gasteiger partial charge < -0.3 is 29.4 Å². The first kappa shape index (κ1) is 21.4. The SMILES string of the molecule is C[C@H]1COc2c(N3CCN(C)CC3)c(F)cc3c(=O)c(C(=O)NCCc4cnc[nH]4)cn1c23. The Hall–Kier alpha value is -3.40. The number of rotatable bonds is 5. The summed E-state index contributed by atoms with van der Waals surface area (Å²) >= 11 is 0. The second kappa shape index (κ2) is 8.51. The van der Waals surface area contributed by atoms with E-state index >= 15 is 4.39 Å². The van der Waals surface area contributed by atoms with E-state index in [2.05, 4.69) is 20.2 Å². The third-order valence-electron chi connectivity index (χ3n) is 6.44. The Bertz CT molecular complexity index is 1250. The molecule has 2 aliphatic heterocycles. The minimum absolute atomic E-state index is 0.00134. The molecule has 3 aromatic rings. The average molecular weight is 455 g/mol. The Morgan fingerprint density at radius 3 is 2.85 bits per heavy atom. The molecule has 4 heterocycles. The fourth-order valence-electron chi connectivity index (χ4n) is 4.53. The van der Waals surface area contributed by atoms with Crippen LogP contribution in [0.15, 0.2) is 29.6 Å². The standard InChI is InChI=1S/C23H27FN6O3/c1-14-12-33-22-19-16(9-18(24)20(22)29-7-5-28(2)6-8-29)21(31)17(11-30(14)19)23(32)26-4-3-15-10-25-13-27-15/h9-11,13-14H,3-8,12H2,1-2H3,(H,25,27)(H,26,32)/t14-/m0/s1. The van der Waals surface area contributed by atoms with Crippen molar-refractivity contribution in [3.63, 3.8) is 0 Å². The van der Waals surface area contributed by atoms with Crippen molar-refractivity contribution in [1.82, 2.24) is 24.8 Å². The first-order valence-corrected chi connectivity index (χ1v) is 11.2. The number of amides is 1. The molecular weight excluding hydrogens is 427 g/mol. The number of benzene rings is 1. The number of carbonyl (C=O) groups excluding carboxylic acids is 1. The number of ether oxygens (including phenoxy) is 1. The third-order valence-corrected chi connectivity index (χ3v) is 6.44. The van der Waals surface area contributed by atoms with E-state index in [-0.39, 0.29) is 17.0 Å². The average Bonchev–Trinajstić information content (AvgIpc) is 3.31. The topological polar surface area (TPSA) is 95.5 Å². The second-order valence-corrected chi connectivity index (χ2v) is 8.74. The van der Waals surface area contributed by atoms with Crippen LogP contribution in [0.3, 0.4) is 0 Å². The van der Waals surface area contributed by atoms with Crippen molar-refractivity contribution in [2.45, 2.75) is 19.4 Å². The molecule has 10 heteroatoms. The zero-order chi connectivity index (χ0) is 23.1. The number of nitrogens with one attached hydrogen (secondary N) is 2. The zero-order valence-corrected chi connectivity index (χ0v) is 18.7. The summed E-state index contributed by atoms with van der Waals surface area (Å²) < 4.78 is 23.3. The highest BCUT2D eigenvalue weighted by atomic mass is 19.1. The number of hydrogen-bond donors (Lipinski definition) is 2. The Labute approximate surface area is 190 Å². The molecule has 0 spiro atoms. The quantitative estimate of drug-likeness (QED) is 0.607. The largest absolute Gasteiger partial charge is 0.487 e. The molecular formula is C23H27FN6O3. The number of piperazine rings is 1. The van der Waals surface area contributed by atoms with Gasteiger partial charge in [-0.15, -0.1) is 0 Å². The van der Waals surface area contributed by atoms with Gasteiger partial charge in [0.25, 0.3) is 5.91 Å². The van der Waals surface area contributed by atoms with E-state index in [0.717, 1.165) is 18.8 Å². The minimum Gasteiger partial charge on any atom is -0.487 e. The van der Waals surface area contributed by atoms with Crippen LogP contribution >= 0.6 is 0 Å². The van der Waals surface area contributed by atoms with E-state index in [1.807, 2.05) is 23.4 Å². The van der Waals surface area contributed by atoms with E-state index < -0.39 is 17.2 Å². The molecule has 9 nitrogen and oxygen atoms in total. The normalized spacial score (nSPS) is 18.4. The molecule has 33 heavy (non-hydrogen) atoms.